The Morgan fingerprint density at radius 2 is 1.10 bits per heavy atom. The molecule has 0 bridgehead atoms. The van der Waals surface area contributed by atoms with Crippen LogP contribution in [0.1, 0.15) is 35.3 Å². The van der Waals surface area contributed by atoms with Crippen LogP contribution in [0, 0.1) is 0 Å². The van der Waals surface area contributed by atoms with Gasteiger partial charge in [0.1, 0.15) is 12.4 Å². The van der Waals surface area contributed by atoms with E-state index in [2.05, 4.69) is 9.98 Å². The van der Waals surface area contributed by atoms with Gasteiger partial charge in [0.2, 0.25) is 0 Å². The molecule has 0 N–H and O–H groups in total. The number of carbonyl (C=O) groups is 1. The fourth-order valence-corrected chi connectivity index (χ4v) is 4.09. The largest absolute Gasteiger partial charge is 0.489 e. The number of nitrogens with zero attached hydrogens (tertiary/aromatic N) is 2. The number of benzene rings is 4. The molecule has 208 valence electrons. The van der Waals surface area contributed by atoms with Crippen LogP contribution in [-0.2, 0) is 6.61 Å². The monoisotopic (exact) mass is 550 g/mol. The van der Waals surface area contributed by atoms with Crippen LogP contribution < -0.4 is 4.74 Å². The van der Waals surface area contributed by atoms with Gasteiger partial charge in [0, 0.05) is 23.6 Å². The van der Waals surface area contributed by atoms with E-state index in [0.29, 0.717) is 17.7 Å². The number of ketones is 1. The number of rotatable bonds is 12. The molecule has 0 unspecified atom stereocenters. The van der Waals surface area contributed by atoms with Crippen molar-refractivity contribution in [2.75, 3.05) is 0 Å². The lowest BCUT2D eigenvalue weighted by molar-refractivity contribution is 0.103. The molecule has 0 spiro atoms. The fourth-order valence-electron chi connectivity index (χ4n) is 4.09. The molecule has 0 aliphatic carbocycles. The zero-order chi connectivity index (χ0) is 29.4. The molecule has 4 heteroatoms. The summed E-state index contributed by atoms with van der Waals surface area (Å²) in [6, 6.07) is 34.4. The summed E-state index contributed by atoms with van der Waals surface area (Å²) in [4.78, 5) is 21.8. The smallest absolute Gasteiger partial charge is 0.193 e. The Balaban J connectivity index is 1.41. The number of carbonyl (C=O) groups excluding carboxylic acids is 1. The van der Waals surface area contributed by atoms with Gasteiger partial charge in [-0.2, -0.15) is 0 Å². The van der Waals surface area contributed by atoms with Crippen molar-refractivity contribution in [2.45, 2.75) is 20.5 Å². The Labute approximate surface area is 248 Å². The highest BCUT2D eigenvalue weighted by molar-refractivity contribution is 6.09. The standard InChI is InChI=1S/C38H34N2O2/c1-3-11-31(25-27-39-35-19-17-34(18-20-35)38(41)33-15-9-6-10-16-33)32(12-4-2)26-28-40-36-21-23-37(24-22-36)42-29-30-13-7-5-8-14-30/h3-28H,29H2,1-2H3/b11-3-,12-4-,31-25-,32-26+,39-27?,40-28?. The van der Waals surface area contributed by atoms with Crippen molar-refractivity contribution >= 4 is 29.6 Å². The van der Waals surface area contributed by atoms with Crippen molar-refractivity contribution < 1.29 is 9.53 Å². The highest BCUT2D eigenvalue weighted by Gasteiger charge is 2.07. The third-order valence-corrected chi connectivity index (χ3v) is 6.23. The Morgan fingerprint density at radius 1 is 0.619 bits per heavy atom. The van der Waals surface area contributed by atoms with Gasteiger partial charge in [-0.15, -0.1) is 0 Å². The van der Waals surface area contributed by atoms with E-state index in [1.54, 1.807) is 12.4 Å². The maximum Gasteiger partial charge on any atom is 0.193 e. The predicted molar refractivity (Wildman–Crippen MR) is 176 cm³/mol. The topological polar surface area (TPSA) is 51.0 Å². The Morgan fingerprint density at radius 3 is 1.62 bits per heavy atom. The first-order chi connectivity index (χ1) is 20.7. The van der Waals surface area contributed by atoms with Gasteiger partial charge in [-0.05, 0) is 91.2 Å². The first-order valence-corrected chi connectivity index (χ1v) is 13.9. The van der Waals surface area contributed by atoms with Crippen LogP contribution >= 0.6 is 0 Å². The summed E-state index contributed by atoms with van der Waals surface area (Å²) >= 11 is 0. The van der Waals surface area contributed by atoms with Crippen LogP contribution in [0.2, 0.25) is 0 Å². The molecule has 0 aliphatic heterocycles. The minimum Gasteiger partial charge on any atom is -0.489 e. The summed E-state index contributed by atoms with van der Waals surface area (Å²) in [5.74, 6) is 0.800. The van der Waals surface area contributed by atoms with E-state index < -0.39 is 0 Å². The molecule has 0 saturated carbocycles. The second-order valence-corrected chi connectivity index (χ2v) is 9.31. The molecule has 0 atom stereocenters. The van der Waals surface area contributed by atoms with Crippen LogP contribution in [0.4, 0.5) is 11.4 Å². The van der Waals surface area contributed by atoms with Crippen molar-refractivity contribution in [3.63, 3.8) is 0 Å². The Bertz CT molecular complexity index is 1610. The molecule has 4 aromatic rings. The number of ether oxygens (including phenoxy) is 1. The normalized spacial score (nSPS) is 12.6. The third-order valence-electron chi connectivity index (χ3n) is 6.23. The average Bonchev–Trinajstić information content (AvgIpc) is 3.04. The molecule has 4 rings (SSSR count). The molecule has 0 radical (unpaired) electrons. The van der Waals surface area contributed by atoms with Crippen LogP contribution in [0.5, 0.6) is 5.75 Å². The molecular weight excluding hydrogens is 516 g/mol. The van der Waals surface area contributed by atoms with E-state index in [4.69, 9.17) is 4.74 Å². The highest BCUT2D eigenvalue weighted by atomic mass is 16.5. The van der Waals surface area contributed by atoms with Gasteiger partial charge in [-0.3, -0.25) is 14.8 Å². The molecule has 4 nitrogen and oxygen atoms in total. The summed E-state index contributed by atoms with van der Waals surface area (Å²) in [6.45, 7) is 4.50. The van der Waals surface area contributed by atoms with Crippen molar-refractivity contribution in [3.8, 4) is 5.75 Å². The van der Waals surface area contributed by atoms with Gasteiger partial charge in [0.05, 0.1) is 11.4 Å². The zero-order valence-electron chi connectivity index (χ0n) is 23.9. The molecule has 0 saturated heterocycles. The SMILES string of the molecule is C\C=C/C(=C/C=Nc1ccc(C(=O)c2ccccc2)cc1)C(/C=C\C)=C/C=Nc1ccc(OCc2ccccc2)cc1. The molecule has 0 heterocycles. The molecule has 0 fully saturated rings. The van der Waals surface area contributed by atoms with Gasteiger partial charge in [0.15, 0.2) is 5.78 Å². The molecule has 0 aromatic heterocycles. The van der Waals surface area contributed by atoms with Gasteiger partial charge < -0.3 is 4.74 Å². The minimum atomic E-state index is -0.00322. The van der Waals surface area contributed by atoms with Gasteiger partial charge in [0.25, 0.3) is 0 Å². The van der Waals surface area contributed by atoms with Crippen LogP contribution in [0.25, 0.3) is 0 Å². The molecular formula is C38H34N2O2. The maximum absolute atomic E-state index is 12.7. The highest BCUT2D eigenvalue weighted by Crippen LogP contribution is 2.20. The summed E-state index contributed by atoms with van der Waals surface area (Å²) < 4.78 is 5.87. The van der Waals surface area contributed by atoms with E-state index in [9.17, 15) is 4.79 Å². The second-order valence-electron chi connectivity index (χ2n) is 9.31. The first kappa shape index (κ1) is 29.6. The van der Waals surface area contributed by atoms with E-state index in [0.717, 1.165) is 33.8 Å². The zero-order valence-corrected chi connectivity index (χ0v) is 23.9. The van der Waals surface area contributed by atoms with E-state index >= 15 is 0 Å². The Kier molecular flexibility index (Phi) is 11.3. The van der Waals surface area contributed by atoms with Crippen molar-refractivity contribution in [1.29, 1.82) is 0 Å². The minimum absolute atomic E-state index is 0.00322. The number of allylic oxidation sites excluding steroid dienone is 8. The number of aliphatic imine (C=N–C) groups is 2. The lowest BCUT2D eigenvalue weighted by Crippen LogP contribution is -1.99. The molecule has 4 aromatic carbocycles. The van der Waals surface area contributed by atoms with Gasteiger partial charge >= 0.3 is 0 Å². The van der Waals surface area contributed by atoms with E-state index in [-0.39, 0.29) is 5.78 Å². The van der Waals surface area contributed by atoms with Gasteiger partial charge in [-0.1, -0.05) is 85.0 Å². The van der Waals surface area contributed by atoms with Gasteiger partial charge in [-0.25, -0.2) is 0 Å². The molecule has 0 amide bonds. The van der Waals surface area contributed by atoms with Crippen molar-refractivity contribution in [1.82, 2.24) is 0 Å². The van der Waals surface area contributed by atoms with Crippen LogP contribution in [0.3, 0.4) is 0 Å². The predicted octanol–water partition coefficient (Wildman–Crippen LogP) is 9.61. The third kappa shape index (κ3) is 9.10. The second kappa shape index (κ2) is 16.0. The summed E-state index contributed by atoms with van der Waals surface area (Å²) in [7, 11) is 0. The maximum atomic E-state index is 12.7. The quantitative estimate of drug-likeness (QED) is 0.100. The lowest BCUT2D eigenvalue weighted by atomic mass is 10.0. The lowest BCUT2D eigenvalue weighted by Gasteiger charge is -2.06. The Hall–Kier alpha value is -5.35. The number of hydrogen-bond acceptors (Lipinski definition) is 4. The van der Waals surface area contributed by atoms with Crippen molar-refractivity contribution in [3.05, 3.63) is 173 Å². The van der Waals surface area contributed by atoms with Crippen molar-refractivity contribution in [2.24, 2.45) is 9.98 Å². The molecule has 42 heavy (non-hydrogen) atoms. The number of hydrogen-bond donors (Lipinski definition) is 0. The van der Waals surface area contributed by atoms with Crippen LogP contribution in [0.15, 0.2) is 167 Å². The van der Waals surface area contributed by atoms with E-state index in [1.807, 2.05) is 159 Å². The fraction of sp³-hybridized carbons (Fsp3) is 0.0789. The summed E-state index contributed by atoms with van der Waals surface area (Å²) in [5.41, 5.74) is 6.03. The van der Waals surface area contributed by atoms with E-state index in [1.165, 1.54) is 0 Å². The first-order valence-electron chi connectivity index (χ1n) is 13.9. The average molecular weight is 551 g/mol. The molecule has 0 aliphatic rings. The summed E-state index contributed by atoms with van der Waals surface area (Å²) in [5, 5.41) is 0. The van der Waals surface area contributed by atoms with Crippen LogP contribution in [-0.4, -0.2) is 18.2 Å². The summed E-state index contributed by atoms with van der Waals surface area (Å²) in [6.07, 6.45) is 15.6.